The van der Waals surface area contributed by atoms with Crippen molar-refractivity contribution in [2.45, 2.75) is 26.3 Å². The van der Waals surface area contributed by atoms with Crippen molar-refractivity contribution in [1.29, 1.82) is 0 Å². The Bertz CT molecular complexity index is 317. The summed E-state index contributed by atoms with van der Waals surface area (Å²) < 4.78 is 5.02. The second kappa shape index (κ2) is 5.93. The molecule has 0 aromatic carbocycles. The van der Waals surface area contributed by atoms with Crippen LogP contribution in [0.2, 0.25) is 5.15 Å². The lowest BCUT2D eigenvalue weighted by Gasteiger charge is -2.16. The SMILES string of the molecule is COCCC(C)Nc1ccc(Cl)nc1C. The van der Waals surface area contributed by atoms with Gasteiger partial charge in [-0.3, -0.25) is 0 Å². The van der Waals surface area contributed by atoms with Crippen LogP contribution in [0.1, 0.15) is 19.0 Å². The minimum absolute atomic E-state index is 0.367. The Morgan fingerprint density at radius 1 is 1.53 bits per heavy atom. The van der Waals surface area contributed by atoms with E-state index in [9.17, 15) is 0 Å². The Morgan fingerprint density at radius 3 is 2.87 bits per heavy atom. The summed E-state index contributed by atoms with van der Waals surface area (Å²) in [7, 11) is 1.71. The molecular weight excluding hydrogens is 212 g/mol. The maximum atomic E-state index is 5.78. The zero-order chi connectivity index (χ0) is 11.3. The molecule has 1 aromatic heterocycles. The van der Waals surface area contributed by atoms with Crippen LogP contribution in [-0.2, 0) is 4.74 Å². The second-order valence-electron chi connectivity index (χ2n) is 3.59. The molecule has 15 heavy (non-hydrogen) atoms. The Labute approximate surface area is 95.8 Å². The smallest absolute Gasteiger partial charge is 0.129 e. The van der Waals surface area contributed by atoms with Crippen LogP contribution in [-0.4, -0.2) is 24.7 Å². The molecule has 0 saturated carbocycles. The first kappa shape index (κ1) is 12.3. The number of nitrogens with zero attached hydrogens (tertiary/aromatic N) is 1. The van der Waals surface area contributed by atoms with E-state index in [0.29, 0.717) is 11.2 Å². The molecule has 1 unspecified atom stereocenters. The number of hydrogen-bond donors (Lipinski definition) is 1. The van der Waals surface area contributed by atoms with E-state index >= 15 is 0 Å². The van der Waals surface area contributed by atoms with E-state index in [2.05, 4.69) is 17.2 Å². The molecule has 0 aliphatic heterocycles. The molecule has 0 spiro atoms. The molecule has 0 saturated heterocycles. The van der Waals surface area contributed by atoms with Crippen LogP contribution in [0.15, 0.2) is 12.1 Å². The third kappa shape index (κ3) is 4.06. The molecule has 1 heterocycles. The number of ether oxygens (including phenoxy) is 1. The Morgan fingerprint density at radius 2 is 2.27 bits per heavy atom. The standard InChI is InChI=1S/C11H17ClN2O/c1-8(6-7-15-3)13-10-4-5-11(12)14-9(10)2/h4-5,8,13H,6-7H2,1-3H3. The predicted molar refractivity (Wildman–Crippen MR) is 63.6 cm³/mol. The van der Waals surface area contributed by atoms with Gasteiger partial charge in [-0.15, -0.1) is 0 Å². The fraction of sp³-hybridized carbons (Fsp3) is 0.545. The first-order chi connectivity index (χ1) is 7.13. The predicted octanol–water partition coefficient (Wildman–Crippen LogP) is 2.88. The molecular formula is C11H17ClN2O. The van der Waals surface area contributed by atoms with E-state index in [0.717, 1.165) is 24.4 Å². The van der Waals surface area contributed by atoms with Crippen molar-refractivity contribution in [1.82, 2.24) is 4.98 Å². The first-order valence-electron chi connectivity index (χ1n) is 5.02. The number of nitrogens with one attached hydrogen (secondary N) is 1. The van der Waals surface area contributed by atoms with Crippen LogP contribution in [0.3, 0.4) is 0 Å². The molecule has 0 aliphatic rings. The molecule has 1 N–H and O–H groups in total. The van der Waals surface area contributed by atoms with E-state index in [-0.39, 0.29) is 0 Å². The lowest BCUT2D eigenvalue weighted by Crippen LogP contribution is -2.18. The summed E-state index contributed by atoms with van der Waals surface area (Å²) in [5, 5.41) is 3.90. The molecule has 4 heteroatoms. The molecule has 0 amide bonds. The van der Waals surface area contributed by atoms with Crippen molar-refractivity contribution in [3.63, 3.8) is 0 Å². The van der Waals surface area contributed by atoms with Crippen molar-refractivity contribution in [3.05, 3.63) is 23.0 Å². The van der Waals surface area contributed by atoms with Crippen LogP contribution in [0.4, 0.5) is 5.69 Å². The number of methoxy groups -OCH3 is 1. The lowest BCUT2D eigenvalue weighted by atomic mass is 10.2. The van der Waals surface area contributed by atoms with E-state index in [1.807, 2.05) is 13.0 Å². The third-order valence-corrected chi connectivity index (χ3v) is 2.42. The maximum Gasteiger partial charge on any atom is 0.129 e. The highest BCUT2D eigenvalue weighted by Crippen LogP contribution is 2.17. The quantitative estimate of drug-likeness (QED) is 0.787. The van der Waals surface area contributed by atoms with Crippen molar-refractivity contribution in [3.8, 4) is 0 Å². The summed E-state index contributed by atoms with van der Waals surface area (Å²) in [4.78, 5) is 4.18. The second-order valence-corrected chi connectivity index (χ2v) is 3.98. The average molecular weight is 229 g/mol. The van der Waals surface area contributed by atoms with Gasteiger partial charge < -0.3 is 10.1 Å². The molecule has 0 bridgehead atoms. The highest BCUT2D eigenvalue weighted by molar-refractivity contribution is 6.29. The Kier molecular flexibility index (Phi) is 4.85. The van der Waals surface area contributed by atoms with Crippen molar-refractivity contribution >= 4 is 17.3 Å². The lowest BCUT2D eigenvalue weighted by molar-refractivity contribution is 0.191. The zero-order valence-corrected chi connectivity index (χ0v) is 10.1. The van der Waals surface area contributed by atoms with Crippen molar-refractivity contribution < 1.29 is 4.74 Å². The average Bonchev–Trinajstić information content (AvgIpc) is 2.19. The number of aryl methyl sites for hydroxylation is 1. The molecule has 0 fully saturated rings. The van der Waals surface area contributed by atoms with Crippen molar-refractivity contribution in [2.24, 2.45) is 0 Å². The first-order valence-corrected chi connectivity index (χ1v) is 5.40. The van der Waals surface area contributed by atoms with Gasteiger partial charge in [0.2, 0.25) is 0 Å². The van der Waals surface area contributed by atoms with Gasteiger partial charge in [-0.05, 0) is 32.4 Å². The summed E-state index contributed by atoms with van der Waals surface area (Å²) in [5.41, 5.74) is 1.95. The van der Waals surface area contributed by atoms with Crippen molar-refractivity contribution in [2.75, 3.05) is 19.0 Å². The summed E-state index contributed by atoms with van der Waals surface area (Å²) in [6.07, 6.45) is 0.971. The number of pyridine rings is 1. The zero-order valence-electron chi connectivity index (χ0n) is 9.38. The molecule has 1 aromatic rings. The minimum atomic E-state index is 0.367. The topological polar surface area (TPSA) is 34.1 Å². The van der Waals surface area contributed by atoms with Crippen LogP contribution in [0.25, 0.3) is 0 Å². The normalized spacial score (nSPS) is 12.5. The molecule has 1 rings (SSSR count). The summed E-state index contributed by atoms with van der Waals surface area (Å²) in [6, 6.07) is 4.11. The number of anilines is 1. The van der Waals surface area contributed by atoms with E-state index in [4.69, 9.17) is 16.3 Å². The van der Waals surface area contributed by atoms with Gasteiger partial charge in [-0.2, -0.15) is 0 Å². The molecule has 84 valence electrons. The molecule has 1 atom stereocenters. The van der Waals surface area contributed by atoms with E-state index in [1.54, 1.807) is 13.2 Å². The summed E-state index contributed by atoms with van der Waals surface area (Å²) in [5.74, 6) is 0. The number of hydrogen-bond acceptors (Lipinski definition) is 3. The van der Waals surface area contributed by atoms with Gasteiger partial charge in [0.15, 0.2) is 0 Å². The minimum Gasteiger partial charge on any atom is -0.385 e. The number of rotatable bonds is 5. The van der Waals surface area contributed by atoms with Crippen LogP contribution >= 0.6 is 11.6 Å². The van der Waals surface area contributed by atoms with Gasteiger partial charge in [0.25, 0.3) is 0 Å². The molecule has 0 radical (unpaired) electrons. The highest BCUT2D eigenvalue weighted by atomic mass is 35.5. The number of halogens is 1. The molecule has 0 aliphatic carbocycles. The van der Waals surface area contributed by atoms with Gasteiger partial charge in [-0.25, -0.2) is 4.98 Å². The van der Waals surface area contributed by atoms with Gasteiger partial charge in [0.05, 0.1) is 11.4 Å². The maximum absolute atomic E-state index is 5.78. The van der Waals surface area contributed by atoms with Gasteiger partial charge in [-0.1, -0.05) is 11.6 Å². The van der Waals surface area contributed by atoms with Crippen LogP contribution in [0, 0.1) is 6.92 Å². The Hall–Kier alpha value is -0.800. The summed E-state index contributed by atoms with van der Waals surface area (Å²) >= 11 is 5.78. The Balaban J connectivity index is 2.56. The van der Waals surface area contributed by atoms with Crippen LogP contribution < -0.4 is 5.32 Å². The van der Waals surface area contributed by atoms with E-state index < -0.39 is 0 Å². The molecule has 3 nitrogen and oxygen atoms in total. The number of aromatic nitrogens is 1. The van der Waals surface area contributed by atoms with Gasteiger partial charge >= 0.3 is 0 Å². The van der Waals surface area contributed by atoms with E-state index in [1.165, 1.54) is 0 Å². The van der Waals surface area contributed by atoms with Crippen LogP contribution in [0.5, 0.6) is 0 Å². The summed E-state index contributed by atoms with van der Waals surface area (Å²) in [6.45, 7) is 4.82. The van der Waals surface area contributed by atoms with Gasteiger partial charge in [0, 0.05) is 19.8 Å². The fourth-order valence-electron chi connectivity index (χ4n) is 1.32. The van der Waals surface area contributed by atoms with Gasteiger partial charge in [0.1, 0.15) is 5.15 Å². The monoisotopic (exact) mass is 228 g/mol. The fourth-order valence-corrected chi connectivity index (χ4v) is 1.50. The highest BCUT2D eigenvalue weighted by Gasteiger charge is 2.05. The third-order valence-electron chi connectivity index (χ3n) is 2.21. The largest absolute Gasteiger partial charge is 0.385 e.